The Labute approximate surface area is 100 Å². The zero-order valence-corrected chi connectivity index (χ0v) is 9.82. The normalized spacial score (nSPS) is 18.6. The van der Waals surface area contributed by atoms with E-state index in [4.69, 9.17) is 10.2 Å². The zero-order valence-electron chi connectivity index (χ0n) is 9.82. The van der Waals surface area contributed by atoms with E-state index in [1.54, 1.807) is 0 Å². The Balaban J connectivity index is 2.10. The Bertz CT molecular complexity index is 264. The Kier molecular flexibility index (Phi) is 5.93. The maximum absolute atomic E-state index is 11.4. The lowest BCUT2D eigenvalue weighted by Gasteiger charge is -2.22. The highest BCUT2D eigenvalue weighted by Crippen LogP contribution is 2.17. The minimum Gasteiger partial charge on any atom is -0.479 e. The summed E-state index contributed by atoms with van der Waals surface area (Å²) in [6.07, 6.45) is 1.89. The number of piperidine rings is 1. The highest BCUT2D eigenvalue weighted by molar-refractivity contribution is 5.77. The Morgan fingerprint density at radius 2 is 2.00 bits per heavy atom. The molecule has 6 heteroatoms. The molecule has 1 fully saturated rings. The predicted octanol–water partition coefficient (Wildman–Crippen LogP) is -0.672. The van der Waals surface area contributed by atoms with Gasteiger partial charge in [0, 0.05) is 6.42 Å². The van der Waals surface area contributed by atoms with Crippen molar-refractivity contribution < 1.29 is 19.8 Å². The lowest BCUT2D eigenvalue weighted by Crippen LogP contribution is -2.36. The van der Waals surface area contributed by atoms with Crippen LogP contribution in [0.1, 0.15) is 25.7 Å². The Morgan fingerprint density at radius 3 is 2.59 bits per heavy atom. The number of aliphatic hydroxyl groups is 1. The van der Waals surface area contributed by atoms with E-state index in [1.807, 2.05) is 0 Å². The molecule has 1 aliphatic heterocycles. The van der Waals surface area contributed by atoms with Crippen LogP contribution < -0.4 is 10.6 Å². The maximum Gasteiger partial charge on any atom is 0.334 e. The third-order valence-corrected chi connectivity index (χ3v) is 3.02. The molecule has 4 N–H and O–H groups in total. The quantitative estimate of drug-likeness (QED) is 0.496. The molecule has 0 unspecified atom stereocenters. The van der Waals surface area contributed by atoms with Crippen molar-refractivity contribution in [3.63, 3.8) is 0 Å². The van der Waals surface area contributed by atoms with Crippen LogP contribution in [-0.2, 0) is 9.59 Å². The number of amides is 1. The number of aliphatic carboxylic acids is 1. The number of carbonyl (C=O) groups excluding carboxylic acids is 1. The fourth-order valence-corrected chi connectivity index (χ4v) is 1.89. The van der Waals surface area contributed by atoms with Crippen LogP contribution in [0.4, 0.5) is 0 Å². The average molecular weight is 244 g/mol. The number of hydrogen-bond donors (Lipinski definition) is 4. The van der Waals surface area contributed by atoms with Crippen LogP contribution in [0.15, 0.2) is 0 Å². The molecule has 0 aromatic carbocycles. The third kappa shape index (κ3) is 5.65. The second-order valence-corrected chi connectivity index (χ2v) is 4.39. The monoisotopic (exact) mass is 244 g/mol. The summed E-state index contributed by atoms with van der Waals surface area (Å²) in [4.78, 5) is 21.7. The van der Waals surface area contributed by atoms with Gasteiger partial charge < -0.3 is 20.8 Å². The number of aliphatic hydroxyl groups excluding tert-OH is 1. The summed E-state index contributed by atoms with van der Waals surface area (Å²) in [5, 5.41) is 23.1. The molecule has 17 heavy (non-hydrogen) atoms. The summed E-state index contributed by atoms with van der Waals surface area (Å²) in [7, 11) is 0. The first kappa shape index (κ1) is 13.9. The van der Waals surface area contributed by atoms with Crippen LogP contribution in [-0.4, -0.2) is 47.8 Å². The van der Waals surface area contributed by atoms with Crippen LogP contribution >= 0.6 is 0 Å². The number of rotatable bonds is 6. The van der Waals surface area contributed by atoms with Crippen molar-refractivity contribution in [3.05, 3.63) is 0 Å². The summed E-state index contributed by atoms with van der Waals surface area (Å²) in [5.74, 6) is -0.932. The number of carboxylic acids is 1. The first-order valence-electron chi connectivity index (χ1n) is 5.98. The van der Waals surface area contributed by atoms with Gasteiger partial charge in [0.25, 0.3) is 0 Å². The van der Waals surface area contributed by atoms with Crippen LogP contribution in [0.5, 0.6) is 0 Å². The van der Waals surface area contributed by atoms with Crippen molar-refractivity contribution in [2.24, 2.45) is 5.92 Å². The molecule has 0 aliphatic carbocycles. The highest BCUT2D eigenvalue weighted by atomic mass is 16.4. The number of carboxylic acid groups (broad SMARTS) is 1. The molecule has 0 bridgehead atoms. The molecule has 1 rings (SSSR count). The summed E-state index contributed by atoms with van der Waals surface area (Å²) < 4.78 is 0. The number of hydrogen-bond acceptors (Lipinski definition) is 4. The molecule has 0 radical (unpaired) electrons. The predicted molar refractivity (Wildman–Crippen MR) is 61.5 cm³/mol. The van der Waals surface area contributed by atoms with Gasteiger partial charge in [-0.15, -0.1) is 0 Å². The fraction of sp³-hybridized carbons (Fsp3) is 0.818. The SMILES string of the molecule is O=C(CCC1CCNCC1)NC[C@H](O)C(=O)O. The van der Waals surface area contributed by atoms with Gasteiger partial charge in [0.1, 0.15) is 0 Å². The second-order valence-electron chi connectivity index (χ2n) is 4.39. The molecule has 0 spiro atoms. The van der Waals surface area contributed by atoms with Crippen molar-refractivity contribution in [1.29, 1.82) is 0 Å². The van der Waals surface area contributed by atoms with Gasteiger partial charge in [-0.3, -0.25) is 4.79 Å². The third-order valence-electron chi connectivity index (χ3n) is 3.02. The molecule has 1 atom stereocenters. The van der Waals surface area contributed by atoms with E-state index >= 15 is 0 Å². The maximum atomic E-state index is 11.4. The standard InChI is InChI=1S/C11H20N2O4/c14-9(11(16)17)7-13-10(15)2-1-8-3-5-12-6-4-8/h8-9,12,14H,1-7H2,(H,13,15)(H,16,17)/t9-/m0/s1. The first-order chi connectivity index (χ1) is 8.09. The summed E-state index contributed by atoms with van der Waals surface area (Å²) >= 11 is 0. The molecular formula is C11H20N2O4. The molecule has 0 saturated carbocycles. The smallest absolute Gasteiger partial charge is 0.334 e. The summed E-state index contributed by atoms with van der Waals surface area (Å²) in [6, 6.07) is 0. The van der Waals surface area contributed by atoms with Gasteiger partial charge in [0.2, 0.25) is 5.91 Å². The number of nitrogens with one attached hydrogen (secondary N) is 2. The van der Waals surface area contributed by atoms with E-state index in [0.29, 0.717) is 12.3 Å². The van der Waals surface area contributed by atoms with E-state index in [9.17, 15) is 9.59 Å². The lowest BCUT2D eigenvalue weighted by molar-refractivity contribution is -0.146. The second kappa shape index (κ2) is 7.24. The summed E-state index contributed by atoms with van der Waals surface area (Å²) in [6.45, 7) is 1.79. The van der Waals surface area contributed by atoms with E-state index in [1.165, 1.54) is 0 Å². The van der Waals surface area contributed by atoms with Gasteiger partial charge in [0.15, 0.2) is 6.10 Å². The minimum absolute atomic E-state index is 0.191. The minimum atomic E-state index is -1.52. The number of carbonyl (C=O) groups is 2. The van der Waals surface area contributed by atoms with Crippen LogP contribution in [0.3, 0.4) is 0 Å². The van der Waals surface area contributed by atoms with Gasteiger partial charge in [-0.1, -0.05) is 0 Å². The van der Waals surface area contributed by atoms with Gasteiger partial charge in [-0.2, -0.15) is 0 Å². The van der Waals surface area contributed by atoms with Crippen molar-refractivity contribution in [3.8, 4) is 0 Å². The van der Waals surface area contributed by atoms with E-state index in [2.05, 4.69) is 10.6 Å². The molecule has 6 nitrogen and oxygen atoms in total. The molecule has 0 aromatic rings. The van der Waals surface area contributed by atoms with Crippen LogP contribution in [0, 0.1) is 5.92 Å². The molecule has 1 amide bonds. The van der Waals surface area contributed by atoms with Gasteiger partial charge >= 0.3 is 5.97 Å². The van der Waals surface area contributed by atoms with Gasteiger partial charge in [0.05, 0.1) is 6.54 Å². The van der Waals surface area contributed by atoms with Gasteiger partial charge in [-0.25, -0.2) is 4.79 Å². The Hall–Kier alpha value is -1.14. The van der Waals surface area contributed by atoms with E-state index < -0.39 is 12.1 Å². The molecule has 98 valence electrons. The molecule has 0 aromatic heterocycles. The van der Waals surface area contributed by atoms with Crippen molar-refractivity contribution >= 4 is 11.9 Å². The zero-order chi connectivity index (χ0) is 12.7. The summed E-state index contributed by atoms with van der Waals surface area (Å²) in [5.41, 5.74) is 0. The van der Waals surface area contributed by atoms with E-state index in [-0.39, 0.29) is 12.5 Å². The highest BCUT2D eigenvalue weighted by Gasteiger charge is 2.16. The van der Waals surface area contributed by atoms with Crippen molar-refractivity contribution in [2.75, 3.05) is 19.6 Å². The molecule has 1 aliphatic rings. The van der Waals surface area contributed by atoms with Crippen LogP contribution in [0.2, 0.25) is 0 Å². The Morgan fingerprint density at radius 1 is 1.35 bits per heavy atom. The lowest BCUT2D eigenvalue weighted by atomic mass is 9.93. The van der Waals surface area contributed by atoms with Crippen LogP contribution in [0.25, 0.3) is 0 Å². The fourth-order valence-electron chi connectivity index (χ4n) is 1.89. The van der Waals surface area contributed by atoms with E-state index in [0.717, 1.165) is 32.4 Å². The van der Waals surface area contributed by atoms with Crippen molar-refractivity contribution in [2.45, 2.75) is 31.8 Å². The van der Waals surface area contributed by atoms with Gasteiger partial charge in [-0.05, 0) is 38.3 Å². The largest absolute Gasteiger partial charge is 0.479 e. The molecule has 1 saturated heterocycles. The average Bonchev–Trinajstić information content (AvgIpc) is 2.34. The first-order valence-corrected chi connectivity index (χ1v) is 5.98. The molecule has 1 heterocycles. The van der Waals surface area contributed by atoms with Crippen molar-refractivity contribution in [1.82, 2.24) is 10.6 Å². The topological polar surface area (TPSA) is 98.7 Å². The molecular weight excluding hydrogens is 224 g/mol.